The van der Waals surface area contributed by atoms with Crippen molar-refractivity contribution >= 4 is 11.6 Å². The molecule has 1 nitrogen and oxygen atoms in total. The van der Waals surface area contributed by atoms with E-state index in [1.54, 1.807) is 0 Å². The molecule has 1 heterocycles. The zero-order valence-corrected chi connectivity index (χ0v) is 8.86. The number of fused-ring (bicyclic) bond motifs is 1. The van der Waals surface area contributed by atoms with Gasteiger partial charge >= 0.3 is 0 Å². The number of hydrogen-bond donors (Lipinski definition) is 0. The first-order chi connectivity index (χ1) is 6.18. The van der Waals surface area contributed by atoms with Gasteiger partial charge in [0.1, 0.15) is 0 Å². The number of nitrogens with zero attached hydrogens (tertiary/aromatic N) is 1. The molecular weight excluding hydrogens is 182 g/mol. The van der Waals surface area contributed by atoms with Gasteiger partial charge in [0.05, 0.1) is 0 Å². The summed E-state index contributed by atoms with van der Waals surface area (Å²) in [7, 11) is 2.15. The van der Waals surface area contributed by atoms with E-state index in [0.717, 1.165) is 24.5 Å². The van der Waals surface area contributed by atoms with Gasteiger partial charge in [0.15, 0.2) is 0 Å². The van der Waals surface area contributed by atoms with Crippen molar-refractivity contribution in [1.29, 1.82) is 0 Å². The SMILES string of the molecule is Cc1ccc2c(c1Cl)CCN(C)C2. The Bertz CT molecular complexity index is 333. The zero-order chi connectivity index (χ0) is 9.42. The summed E-state index contributed by atoms with van der Waals surface area (Å²) in [5.41, 5.74) is 3.95. The molecule has 0 N–H and O–H groups in total. The first-order valence-electron chi connectivity index (χ1n) is 4.64. The van der Waals surface area contributed by atoms with Gasteiger partial charge in [-0.1, -0.05) is 23.7 Å². The molecule has 0 radical (unpaired) electrons. The summed E-state index contributed by atoms with van der Waals surface area (Å²) in [6, 6.07) is 4.31. The molecule has 1 aliphatic rings. The first kappa shape index (κ1) is 9.04. The summed E-state index contributed by atoms with van der Waals surface area (Å²) >= 11 is 6.24. The Morgan fingerprint density at radius 1 is 1.38 bits per heavy atom. The third-order valence-electron chi connectivity index (χ3n) is 2.72. The van der Waals surface area contributed by atoms with Crippen LogP contribution in [0.2, 0.25) is 5.02 Å². The third-order valence-corrected chi connectivity index (χ3v) is 3.24. The second kappa shape index (κ2) is 3.32. The highest BCUT2D eigenvalue weighted by molar-refractivity contribution is 6.32. The summed E-state index contributed by atoms with van der Waals surface area (Å²) in [5.74, 6) is 0. The van der Waals surface area contributed by atoms with Crippen molar-refractivity contribution < 1.29 is 0 Å². The quantitative estimate of drug-likeness (QED) is 0.615. The van der Waals surface area contributed by atoms with E-state index in [-0.39, 0.29) is 0 Å². The molecule has 1 aromatic carbocycles. The van der Waals surface area contributed by atoms with E-state index >= 15 is 0 Å². The van der Waals surface area contributed by atoms with Crippen molar-refractivity contribution in [3.63, 3.8) is 0 Å². The van der Waals surface area contributed by atoms with Crippen LogP contribution in [0.5, 0.6) is 0 Å². The van der Waals surface area contributed by atoms with E-state index in [2.05, 4.69) is 31.0 Å². The zero-order valence-electron chi connectivity index (χ0n) is 8.10. The van der Waals surface area contributed by atoms with Crippen molar-refractivity contribution in [2.24, 2.45) is 0 Å². The maximum absolute atomic E-state index is 6.24. The Hall–Kier alpha value is -0.530. The highest BCUT2D eigenvalue weighted by Gasteiger charge is 2.16. The molecule has 1 aliphatic heterocycles. The first-order valence-corrected chi connectivity index (χ1v) is 5.01. The molecular formula is C11H14ClN. The molecule has 0 aromatic heterocycles. The van der Waals surface area contributed by atoms with Gasteiger partial charge in [-0.15, -0.1) is 0 Å². The summed E-state index contributed by atoms with van der Waals surface area (Å²) < 4.78 is 0. The normalized spacial score (nSPS) is 17.2. The fourth-order valence-corrected chi connectivity index (χ4v) is 2.15. The Morgan fingerprint density at radius 2 is 2.15 bits per heavy atom. The molecule has 2 rings (SSSR count). The lowest BCUT2D eigenvalue weighted by molar-refractivity contribution is 0.313. The summed E-state index contributed by atoms with van der Waals surface area (Å²) in [5, 5.41) is 0.977. The van der Waals surface area contributed by atoms with E-state index in [1.807, 2.05) is 0 Å². The molecule has 0 amide bonds. The highest BCUT2D eigenvalue weighted by Crippen LogP contribution is 2.28. The van der Waals surface area contributed by atoms with Crippen LogP contribution in [0.4, 0.5) is 0 Å². The van der Waals surface area contributed by atoms with Crippen molar-refractivity contribution in [3.05, 3.63) is 33.8 Å². The Morgan fingerprint density at radius 3 is 2.92 bits per heavy atom. The molecule has 0 spiro atoms. The standard InChI is InChI=1S/C11H14ClN/c1-8-3-4-9-7-13(2)6-5-10(9)11(8)12/h3-4H,5-7H2,1-2H3. The van der Waals surface area contributed by atoms with E-state index in [0.29, 0.717) is 0 Å². The minimum absolute atomic E-state index is 0.977. The number of rotatable bonds is 0. The number of benzene rings is 1. The average molecular weight is 196 g/mol. The van der Waals surface area contributed by atoms with Gasteiger partial charge in [-0.05, 0) is 37.1 Å². The van der Waals surface area contributed by atoms with Crippen molar-refractivity contribution in [2.75, 3.05) is 13.6 Å². The molecule has 0 bridgehead atoms. The van der Waals surface area contributed by atoms with Gasteiger partial charge < -0.3 is 4.90 Å². The second-order valence-corrected chi connectivity index (χ2v) is 4.20. The molecule has 13 heavy (non-hydrogen) atoms. The van der Waals surface area contributed by atoms with Gasteiger partial charge in [0.25, 0.3) is 0 Å². The molecule has 0 saturated carbocycles. The summed E-state index contributed by atoms with van der Waals surface area (Å²) in [4.78, 5) is 2.33. The van der Waals surface area contributed by atoms with Gasteiger partial charge in [0, 0.05) is 18.1 Å². The molecule has 0 fully saturated rings. The van der Waals surface area contributed by atoms with Gasteiger partial charge in [-0.3, -0.25) is 0 Å². The molecule has 70 valence electrons. The van der Waals surface area contributed by atoms with Crippen LogP contribution in [0.3, 0.4) is 0 Å². The van der Waals surface area contributed by atoms with Crippen LogP contribution < -0.4 is 0 Å². The van der Waals surface area contributed by atoms with E-state index < -0.39 is 0 Å². The maximum Gasteiger partial charge on any atom is 0.0470 e. The number of likely N-dealkylation sites (N-methyl/N-ethyl adjacent to an activating group) is 1. The number of halogens is 1. The number of hydrogen-bond acceptors (Lipinski definition) is 1. The van der Waals surface area contributed by atoms with E-state index in [9.17, 15) is 0 Å². The number of aryl methyl sites for hydroxylation is 1. The lowest BCUT2D eigenvalue weighted by Gasteiger charge is -2.26. The molecule has 0 unspecified atom stereocenters. The summed E-state index contributed by atoms with van der Waals surface area (Å²) in [6.07, 6.45) is 1.09. The van der Waals surface area contributed by atoms with Crippen LogP contribution in [0.15, 0.2) is 12.1 Å². The minimum Gasteiger partial charge on any atom is -0.302 e. The molecule has 0 atom stereocenters. The molecule has 0 aliphatic carbocycles. The van der Waals surface area contributed by atoms with Crippen LogP contribution in [-0.2, 0) is 13.0 Å². The fourth-order valence-electron chi connectivity index (χ4n) is 1.87. The van der Waals surface area contributed by atoms with Crippen molar-refractivity contribution in [3.8, 4) is 0 Å². The molecule has 2 heteroatoms. The predicted octanol–water partition coefficient (Wildman–Crippen LogP) is 2.64. The van der Waals surface area contributed by atoms with Crippen LogP contribution in [0.1, 0.15) is 16.7 Å². The van der Waals surface area contributed by atoms with Crippen LogP contribution >= 0.6 is 11.6 Å². The average Bonchev–Trinajstić information content (AvgIpc) is 2.12. The monoisotopic (exact) mass is 195 g/mol. The van der Waals surface area contributed by atoms with Gasteiger partial charge in [-0.2, -0.15) is 0 Å². The topological polar surface area (TPSA) is 3.24 Å². The van der Waals surface area contributed by atoms with Crippen LogP contribution in [0.25, 0.3) is 0 Å². The van der Waals surface area contributed by atoms with E-state index in [1.165, 1.54) is 16.7 Å². The van der Waals surface area contributed by atoms with Gasteiger partial charge in [0.2, 0.25) is 0 Å². The second-order valence-electron chi connectivity index (χ2n) is 3.82. The Balaban J connectivity index is 2.47. The van der Waals surface area contributed by atoms with Crippen molar-refractivity contribution in [1.82, 2.24) is 4.90 Å². The Labute approximate surface area is 84.3 Å². The third kappa shape index (κ3) is 1.59. The maximum atomic E-state index is 6.24. The fraction of sp³-hybridized carbons (Fsp3) is 0.455. The lowest BCUT2D eigenvalue weighted by atomic mass is 9.98. The van der Waals surface area contributed by atoms with Crippen LogP contribution in [0, 0.1) is 6.92 Å². The predicted molar refractivity (Wildman–Crippen MR) is 56.2 cm³/mol. The van der Waals surface area contributed by atoms with Crippen LogP contribution in [-0.4, -0.2) is 18.5 Å². The highest BCUT2D eigenvalue weighted by atomic mass is 35.5. The minimum atomic E-state index is 0.977. The lowest BCUT2D eigenvalue weighted by Crippen LogP contribution is -2.26. The molecule has 0 saturated heterocycles. The smallest absolute Gasteiger partial charge is 0.0470 e. The largest absolute Gasteiger partial charge is 0.302 e. The van der Waals surface area contributed by atoms with Crippen molar-refractivity contribution in [2.45, 2.75) is 19.9 Å². The molecule has 1 aromatic rings. The van der Waals surface area contributed by atoms with Gasteiger partial charge in [-0.25, -0.2) is 0 Å². The Kier molecular flexibility index (Phi) is 2.31. The summed E-state index contributed by atoms with van der Waals surface area (Å²) in [6.45, 7) is 4.23. The van der Waals surface area contributed by atoms with E-state index in [4.69, 9.17) is 11.6 Å².